The van der Waals surface area contributed by atoms with Gasteiger partial charge in [0.15, 0.2) is 5.78 Å². The number of hydrogen-bond acceptors (Lipinski definition) is 3. The molecule has 1 aromatic heterocycles. The Hall–Kier alpha value is -0.670. The first-order valence-electron chi connectivity index (χ1n) is 6.00. The minimum absolute atomic E-state index is 0.290. The highest BCUT2D eigenvalue weighted by molar-refractivity contribution is 7.08. The maximum atomic E-state index is 12.5. The van der Waals surface area contributed by atoms with Crippen molar-refractivity contribution in [2.24, 2.45) is 0 Å². The van der Waals surface area contributed by atoms with E-state index >= 15 is 0 Å². The summed E-state index contributed by atoms with van der Waals surface area (Å²) in [5, 5.41) is 3.94. The molecule has 0 radical (unpaired) electrons. The van der Waals surface area contributed by atoms with Gasteiger partial charge in [0, 0.05) is 10.9 Å². The van der Waals surface area contributed by atoms with Gasteiger partial charge in [-0.15, -0.1) is 0 Å². The molecule has 2 nitrogen and oxygen atoms in total. The molecule has 0 saturated carbocycles. The lowest BCUT2D eigenvalue weighted by molar-refractivity contribution is 0.0648. The number of nitrogens with zero attached hydrogens (tertiary/aromatic N) is 1. The zero-order valence-corrected chi connectivity index (χ0v) is 10.8. The van der Waals surface area contributed by atoms with Crippen LogP contribution in [0.3, 0.4) is 0 Å². The molecule has 1 aromatic rings. The molecule has 2 heterocycles. The van der Waals surface area contributed by atoms with Gasteiger partial charge in [0.2, 0.25) is 0 Å². The molecular formula is C13H19NOS. The SMILES string of the molecule is CCC(C)(C(=O)c1ccsc1)N1CCCC1. The standard InChI is InChI=1S/C13H19NOS/c1-3-13(2,14-7-4-5-8-14)12(15)11-6-9-16-10-11/h6,9-10H,3-5,7-8H2,1-2H3. The number of likely N-dealkylation sites (tertiary alicyclic amines) is 1. The average molecular weight is 237 g/mol. The molecule has 1 atom stereocenters. The van der Waals surface area contributed by atoms with Crippen molar-refractivity contribution in [1.29, 1.82) is 0 Å². The van der Waals surface area contributed by atoms with E-state index < -0.39 is 0 Å². The molecule has 88 valence electrons. The summed E-state index contributed by atoms with van der Waals surface area (Å²) in [7, 11) is 0. The van der Waals surface area contributed by atoms with Gasteiger partial charge in [-0.3, -0.25) is 9.69 Å². The Bertz CT molecular complexity index is 354. The summed E-state index contributed by atoms with van der Waals surface area (Å²) in [4.78, 5) is 14.9. The van der Waals surface area contributed by atoms with Crippen molar-refractivity contribution < 1.29 is 4.79 Å². The number of rotatable bonds is 4. The van der Waals surface area contributed by atoms with Gasteiger partial charge in [0.1, 0.15) is 0 Å². The summed E-state index contributed by atoms with van der Waals surface area (Å²) in [5.74, 6) is 0.290. The maximum Gasteiger partial charge on any atom is 0.183 e. The molecule has 1 fully saturated rings. The van der Waals surface area contributed by atoms with Crippen LogP contribution in [0.2, 0.25) is 0 Å². The number of ketones is 1. The molecule has 0 bridgehead atoms. The van der Waals surface area contributed by atoms with E-state index in [0.29, 0.717) is 0 Å². The lowest BCUT2D eigenvalue weighted by Gasteiger charge is -2.36. The summed E-state index contributed by atoms with van der Waals surface area (Å²) in [6.07, 6.45) is 3.35. The average Bonchev–Trinajstić information content (AvgIpc) is 2.98. The van der Waals surface area contributed by atoms with Crippen molar-refractivity contribution in [3.05, 3.63) is 22.4 Å². The van der Waals surface area contributed by atoms with E-state index in [1.165, 1.54) is 12.8 Å². The van der Waals surface area contributed by atoms with E-state index in [2.05, 4.69) is 18.7 Å². The second kappa shape index (κ2) is 4.68. The van der Waals surface area contributed by atoms with E-state index in [-0.39, 0.29) is 11.3 Å². The van der Waals surface area contributed by atoms with Crippen LogP contribution >= 0.6 is 11.3 Å². The molecule has 0 aromatic carbocycles. The van der Waals surface area contributed by atoms with Crippen LogP contribution in [0.15, 0.2) is 16.8 Å². The highest BCUT2D eigenvalue weighted by atomic mass is 32.1. The quantitative estimate of drug-likeness (QED) is 0.750. The predicted octanol–water partition coefficient (Wildman–Crippen LogP) is 3.20. The number of thiophene rings is 1. The Morgan fingerprint density at radius 2 is 2.19 bits per heavy atom. The van der Waals surface area contributed by atoms with Gasteiger partial charge in [-0.05, 0) is 50.7 Å². The fraction of sp³-hybridized carbons (Fsp3) is 0.615. The molecule has 1 saturated heterocycles. The van der Waals surface area contributed by atoms with Crippen molar-refractivity contribution in [3.8, 4) is 0 Å². The first-order chi connectivity index (χ1) is 7.68. The van der Waals surface area contributed by atoms with Gasteiger partial charge < -0.3 is 0 Å². The highest BCUT2D eigenvalue weighted by Gasteiger charge is 2.39. The highest BCUT2D eigenvalue weighted by Crippen LogP contribution is 2.28. The Labute approximate surface area is 101 Å². The minimum atomic E-state index is -0.294. The number of carbonyl (C=O) groups is 1. The van der Waals surface area contributed by atoms with Gasteiger partial charge in [0.05, 0.1) is 5.54 Å². The maximum absolute atomic E-state index is 12.5. The molecule has 0 N–H and O–H groups in total. The molecular weight excluding hydrogens is 218 g/mol. The summed E-state index contributed by atoms with van der Waals surface area (Å²) in [6, 6.07) is 1.94. The molecule has 16 heavy (non-hydrogen) atoms. The van der Waals surface area contributed by atoms with Gasteiger partial charge in [-0.2, -0.15) is 11.3 Å². The largest absolute Gasteiger partial charge is 0.292 e. The second-order valence-electron chi connectivity index (χ2n) is 4.66. The summed E-state index contributed by atoms with van der Waals surface area (Å²) in [5.41, 5.74) is 0.582. The van der Waals surface area contributed by atoms with Crippen molar-refractivity contribution in [2.75, 3.05) is 13.1 Å². The van der Waals surface area contributed by atoms with Gasteiger partial charge in [-0.25, -0.2) is 0 Å². The third kappa shape index (κ3) is 1.94. The van der Waals surface area contributed by atoms with E-state index in [1.54, 1.807) is 11.3 Å². The minimum Gasteiger partial charge on any atom is -0.292 e. The Kier molecular flexibility index (Phi) is 3.45. The Morgan fingerprint density at radius 1 is 1.50 bits per heavy atom. The van der Waals surface area contributed by atoms with Crippen LogP contribution < -0.4 is 0 Å². The lowest BCUT2D eigenvalue weighted by Crippen LogP contribution is -2.50. The monoisotopic (exact) mass is 237 g/mol. The van der Waals surface area contributed by atoms with Crippen LogP contribution in [0.5, 0.6) is 0 Å². The van der Waals surface area contributed by atoms with E-state index in [4.69, 9.17) is 0 Å². The van der Waals surface area contributed by atoms with Crippen molar-refractivity contribution >= 4 is 17.1 Å². The number of carbonyl (C=O) groups excluding carboxylic acids is 1. The molecule has 1 aliphatic rings. The van der Waals surface area contributed by atoms with Crippen LogP contribution in [0.25, 0.3) is 0 Å². The molecule has 0 aliphatic carbocycles. The molecule has 3 heteroatoms. The first kappa shape index (κ1) is 11.8. The third-order valence-corrected chi connectivity index (χ3v) is 4.45. The number of hydrogen-bond donors (Lipinski definition) is 0. The van der Waals surface area contributed by atoms with Gasteiger partial charge in [0.25, 0.3) is 0 Å². The Morgan fingerprint density at radius 3 is 2.69 bits per heavy atom. The molecule has 0 spiro atoms. The first-order valence-corrected chi connectivity index (χ1v) is 6.95. The summed E-state index contributed by atoms with van der Waals surface area (Å²) in [6.45, 7) is 6.35. The molecule has 2 rings (SSSR count). The fourth-order valence-corrected chi connectivity index (χ4v) is 3.08. The van der Waals surface area contributed by atoms with Crippen molar-refractivity contribution in [1.82, 2.24) is 4.90 Å². The molecule has 1 aliphatic heterocycles. The van der Waals surface area contributed by atoms with Crippen LogP contribution in [-0.2, 0) is 0 Å². The van der Waals surface area contributed by atoms with Gasteiger partial charge in [-0.1, -0.05) is 6.92 Å². The van der Waals surface area contributed by atoms with E-state index in [1.807, 2.05) is 16.8 Å². The predicted molar refractivity (Wildman–Crippen MR) is 68.2 cm³/mol. The second-order valence-corrected chi connectivity index (χ2v) is 5.44. The molecule has 0 amide bonds. The summed E-state index contributed by atoms with van der Waals surface area (Å²) >= 11 is 1.60. The van der Waals surface area contributed by atoms with Crippen LogP contribution in [0.1, 0.15) is 43.5 Å². The van der Waals surface area contributed by atoms with Gasteiger partial charge >= 0.3 is 0 Å². The lowest BCUT2D eigenvalue weighted by atomic mass is 9.88. The smallest absolute Gasteiger partial charge is 0.183 e. The fourth-order valence-electron chi connectivity index (χ4n) is 2.44. The van der Waals surface area contributed by atoms with Crippen LogP contribution in [-0.4, -0.2) is 29.3 Å². The zero-order valence-electron chi connectivity index (χ0n) is 10.0. The summed E-state index contributed by atoms with van der Waals surface area (Å²) < 4.78 is 0. The Balaban J connectivity index is 2.23. The normalized spacial score (nSPS) is 20.9. The zero-order chi connectivity index (χ0) is 11.6. The van der Waals surface area contributed by atoms with E-state index in [9.17, 15) is 4.79 Å². The van der Waals surface area contributed by atoms with E-state index in [0.717, 1.165) is 25.1 Å². The molecule has 1 unspecified atom stereocenters. The third-order valence-electron chi connectivity index (χ3n) is 3.76. The number of Topliss-reactive ketones (excluding diaryl/α,β-unsaturated/α-hetero) is 1. The van der Waals surface area contributed by atoms with Crippen molar-refractivity contribution in [2.45, 2.75) is 38.6 Å². The van der Waals surface area contributed by atoms with Crippen LogP contribution in [0, 0.1) is 0 Å². The topological polar surface area (TPSA) is 20.3 Å². The van der Waals surface area contributed by atoms with Crippen LogP contribution in [0.4, 0.5) is 0 Å². The van der Waals surface area contributed by atoms with Crippen molar-refractivity contribution in [3.63, 3.8) is 0 Å².